The molecule has 0 bridgehead atoms. The van der Waals surface area contributed by atoms with Gasteiger partial charge in [0.1, 0.15) is 0 Å². The largest absolute Gasteiger partial charge is 0.399 e. The van der Waals surface area contributed by atoms with E-state index in [1.165, 1.54) is 38.1 Å². The average Bonchev–Trinajstić information content (AvgIpc) is 2.70. The highest BCUT2D eigenvalue weighted by molar-refractivity contribution is 7.93. The Hall–Kier alpha value is -1.80. The normalized spacial score (nSPS) is 12.8. The van der Waals surface area contributed by atoms with Gasteiger partial charge < -0.3 is 15.5 Å². The summed E-state index contributed by atoms with van der Waals surface area (Å²) in [6.45, 7) is 3.08. The van der Waals surface area contributed by atoms with E-state index in [9.17, 15) is 22.8 Å². The van der Waals surface area contributed by atoms with Crippen LogP contribution in [-0.2, 0) is 14.6 Å². The van der Waals surface area contributed by atoms with E-state index in [0.29, 0.717) is 11.1 Å². The molecular weight excluding hydrogens is 494 g/mol. The maximum absolute atomic E-state index is 13.9. The summed E-state index contributed by atoms with van der Waals surface area (Å²) < 4.78 is 41.4. The number of halogens is 2. The second-order valence-corrected chi connectivity index (χ2v) is 12.0. The van der Waals surface area contributed by atoms with E-state index in [1.54, 1.807) is 30.3 Å². The van der Waals surface area contributed by atoms with E-state index < -0.39 is 22.9 Å². The van der Waals surface area contributed by atoms with Gasteiger partial charge in [-0.15, -0.1) is 0 Å². The van der Waals surface area contributed by atoms with Gasteiger partial charge >= 0.3 is 7.60 Å². The zero-order valence-corrected chi connectivity index (χ0v) is 20.6. The molecule has 3 aromatic rings. The van der Waals surface area contributed by atoms with E-state index in [1.807, 2.05) is 0 Å². The Bertz CT molecular complexity index is 1300. The SMILES string of the molecule is CCC(CC)(N(c1ccc2cc(N)ccc2c1)S(=O)(=O)c1cc(Cl)cc(Cl)c1)P(=O)(O)O. The molecule has 4 N–H and O–H groups in total. The average molecular weight is 517 g/mol. The fourth-order valence-electron chi connectivity index (χ4n) is 3.83. The van der Waals surface area contributed by atoms with Crippen LogP contribution in [-0.4, -0.2) is 23.5 Å². The van der Waals surface area contributed by atoms with Gasteiger partial charge in [-0.05, 0) is 66.1 Å². The third-order valence-corrected chi connectivity index (χ3v) is 9.87. The molecule has 0 aliphatic carbocycles. The third kappa shape index (κ3) is 4.36. The van der Waals surface area contributed by atoms with E-state index in [0.717, 1.165) is 9.69 Å². The molecular formula is C21H23Cl2N2O5PS. The number of rotatable bonds is 7. The molecule has 0 radical (unpaired) electrons. The van der Waals surface area contributed by atoms with Crippen molar-refractivity contribution in [2.24, 2.45) is 0 Å². The highest BCUT2D eigenvalue weighted by Crippen LogP contribution is 2.59. The monoisotopic (exact) mass is 516 g/mol. The van der Waals surface area contributed by atoms with Crippen LogP contribution in [0.25, 0.3) is 10.8 Å². The predicted molar refractivity (Wildman–Crippen MR) is 130 cm³/mol. The molecule has 3 rings (SSSR count). The first kappa shape index (κ1) is 24.8. The Labute approximate surface area is 197 Å². The van der Waals surface area contributed by atoms with Crippen LogP contribution in [0.3, 0.4) is 0 Å². The molecule has 32 heavy (non-hydrogen) atoms. The molecule has 0 saturated heterocycles. The minimum Gasteiger partial charge on any atom is -0.399 e. The molecule has 0 saturated carbocycles. The molecule has 0 aromatic heterocycles. The summed E-state index contributed by atoms with van der Waals surface area (Å²) in [5.74, 6) is 0. The van der Waals surface area contributed by atoms with Gasteiger partial charge in [0.15, 0.2) is 5.28 Å². The fraction of sp³-hybridized carbons (Fsp3) is 0.238. The van der Waals surface area contributed by atoms with Crippen LogP contribution >= 0.6 is 30.8 Å². The van der Waals surface area contributed by atoms with E-state index in [2.05, 4.69) is 0 Å². The van der Waals surface area contributed by atoms with Gasteiger partial charge in [0.2, 0.25) is 0 Å². The van der Waals surface area contributed by atoms with E-state index >= 15 is 0 Å². The maximum atomic E-state index is 13.9. The summed E-state index contributed by atoms with van der Waals surface area (Å²) >= 11 is 12.1. The van der Waals surface area contributed by atoms with E-state index in [4.69, 9.17) is 28.9 Å². The van der Waals surface area contributed by atoms with Crippen LogP contribution < -0.4 is 10.0 Å². The Morgan fingerprint density at radius 2 is 1.47 bits per heavy atom. The van der Waals surface area contributed by atoms with E-state index in [-0.39, 0.29) is 33.5 Å². The van der Waals surface area contributed by atoms with Crippen LogP contribution in [0.1, 0.15) is 26.7 Å². The number of fused-ring (bicyclic) bond motifs is 1. The first-order valence-corrected chi connectivity index (χ1v) is 13.5. The lowest BCUT2D eigenvalue weighted by Gasteiger charge is -2.43. The third-order valence-electron chi connectivity index (χ3n) is 5.51. The number of sulfonamides is 1. The fourth-order valence-corrected chi connectivity index (χ4v) is 8.16. The lowest BCUT2D eigenvalue weighted by molar-refractivity contribution is 0.317. The molecule has 0 unspecified atom stereocenters. The minimum atomic E-state index is -4.98. The van der Waals surface area contributed by atoms with Gasteiger partial charge in [0.25, 0.3) is 10.0 Å². The smallest absolute Gasteiger partial charge is 0.351 e. The second kappa shape index (κ2) is 8.86. The Morgan fingerprint density at radius 1 is 0.938 bits per heavy atom. The minimum absolute atomic E-state index is 0.0831. The first-order chi connectivity index (χ1) is 14.9. The molecule has 0 spiro atoms. The number of nitrogen functional groups attached to an aromatic ring is 1. The topological polar surface area (TPSA) is 121 Å². The molecule has 3 aromatic carbocycles. The van der Waals surface area contributed by atoms with Gasteiger partial charge in [-0.25, -0.2) is 12.7 Å². The first-order valence-electron chi connectivity index (χ1n) is 9.72. The highest BCUT2D eigenvalue weighted by atomic mass is 35.5. The van der Waals surface area contributed by atoms with Gasteiger partial charge in [-0.3, -0.25) is 4.57 Å². The van der Waals surface area contributed by atoms with Crippen molar-refractivity contribution in [1.82, 2.24) is 0 Å². The molecule has 0 aliphatic rings. The lowest BCUT2D eigenvalue weighted by atomic mass is 10.1. The molecule has 0 aliphatic heterocycles. The van der Waals surface area contributed by atoms with Gasteiger partial charge in [-0.2, -0.15) is 0 Å². The molecule has 172 valence electrons. The number of anilines is 2. The molecule has 0 heterocycles. The Kier molecular flexibility index (Phi) is 6.87. The summed E-state index contributed by atoms with van der Waals surface area (Å²) in [4.78, 5) is 20.5. The summed E-state index contributed by atoms with van der Waals surface area (Å²) in [5.41, 5.74) is 6.47. The summed E-state index contributed by atoms with van der Waals surface area (Å²) in [5, 5.41) is -0.443. The second-order valence-electron chi connectivity index (χ2n) is 7.40. The molecule has 0 atom stereocenters. The molecule has 0 amide bonds. The summed E-state index contributed by atoms with van der Waals surface area (Å²) in [6, 6.07) is 13.6. The maximum Gasteiger partial charge on any atom is 0.351 e. The van der Waals surface area contributed by atoms with Crippen molar-refractivity contribution in [2.75, 3.05) is 10.0 Å². The van der Waals surface area contributed by atoms with Gasteiger partial charge in [0.05, 0.1) is 10.6 Å². The van der Waals surface area contributed by atoms with Gasteiger partial charge in [0, 0.05) is 15.7 Å². The van der Waals surface area contributed by atoms with Crippen molar-refractivity contribution in [1.29, 1.82) is 0 Å². The molecule has 0 fully saturated rings. The van der Waals surface area contributed by atoms with Crippen LogP contribution in [0.2, 0.25) is 10.0 Å². The zero-order chi connectivity index (χ0) is 23.9. The zero-order valence-electron chi connectivity index (χ0n) is 17.4. The van der Waals surface area contributed by atoms with Crippen molar-refractivity contribution >= 4 is 63.0 Å². The van der Waals surface area contributed by atoms with Crippen molar-refractivity contribution in [2.45, 2.75) is 36.9 Å². The molecule has 7 nitrogen and oxygen atoms in total. The number of hydrogen-bond donors (Lipinski definition) is 3. The number of nitrogens with zero attached hydrogens (tertiary/aromatic N) is 1. The van der Waals surface area contributed by atoms with Crippen LogP contribution in [0, 0.1) is 0 Å². The van der Waals surface area contributed by atoms with Crippen molar-refractivity contribution in [3.05, 3.63) is 64.6 Å². The number of nitrogens with two attached hydrogens (primary N) is 1. The highest BCUT2D eigenvalue weighted by Gasteiger charge is 2.54. The van der Waals surface area contributed by atoms with Crippen LogP contribution in [0.4, 0.5) is 11.4 Å². The Morgan fingerprint density at radius 3 is 2.00 bits per heavy atom. The van der Waals surface area contributed by atoms with Crippen molar-refractivity contribution in [3.63, 3.8) is 0 Å². The molecule has 11 heteroatoms. The Balaban J connectivity index is 2.39. The summed E-state index contributed by atoms with van der Waals surface area (Å²) in [6.07, 6.45) is -0.276. The number of hydrogen-bond acceptors (Lipinski definition) is 4. The predicted octanol–water partition coefficient (Wildman–Crippen LogP) is 5.62. The summed E-state index contributed by atoms with van der Waals surface area (Å²) in [7, 11) is -9.47. The lowest BCUT2D eigenvalue weighted by Crippen LogP contribution is -2.51. The standard InChI is InChI=1S/C21H23Cl2N2O5PS/c1-3-21(4-2,31(26,27)28)25(32(29,30)20-12-16(22)11-17(23)13-20)19-8-6-14-9-18(24)7-5-15(14)10-19/h5-13H,3-4,24H2,1-2H3,(H2,26,27,28). The van der Waals surface area contributed by atoms with Crippen molar-refractivity contribution < 1.29 is 22.8 Å². The van der Waals surface area contributed by atoms with Crippen molar-refractivity contribution in [3.8, 4) is 0 Å². The van der Waals surface area contributed by atoms with Crippen LogP contribution in [0.5, 0.6) is 0 Å². The van der Waals surface area contributed by atoms with Crippen LogP contribution in [0.15, 0.2) is 59.5 Å². The quantitative estimate of drug-likeness (QED) is 0.277. The number of benzene rings is 3. The van der Waals surface area contributed by atoms with Gasteiger partial charge in [-0.1, -0.05) is 49.2 Å².